The molecular formula is C24H29IN4O2. The van der Waals surface area contributed by atoms with E-state index in [0.29, 0.717) is 6.54 Å². The van der Waals surface area contributed by atoms with Crippen LogP contribution < -0.4 is 15.0 Å². The highest BCUT2D eigenvalue weighted by Gasteiger charge is 2.24. The number of nitrogens with zero attached hydrogens (tertiary/aromatic N) is 3. The van der Waals surface area contributed by atoms with E-state index in [-0.39, 0.29) is 36.5 Å². The molecule has 0 saturated carbocycles. The molecule has 0 atom stereocenters. The average Bonchev–Trinajstić information content (AvgIpc) is 2.81. The predicted octanol–water partition coefficient (Wildman–Crippen LogP) is 3.78. The van der Waals surface area contributed by atoms with Gasteiger partial charge in [0.15, 0.2) is 12.6 Å². The number of carbonyl (C=O) groups excluding carboxylic acids is 1. The monoisotopic (exact) mass is 532 g/mol. The first kappa shape index (κ1) is 23.1. The average molecular weight is 532 g/mol. The zero-order chi connectivity index (χ0) is 20.8. The third kappa shape index (κ3) is 5.58. The SMILES string of the molecule is CN=C(NCCCN1C(=O)COc2ccccc21)N1CC=C(c2ccccc2)CC1.I. The normalized spacial score (nSPS) is 16.1. The Hall–Kier alpha value is -2.55. The number of hydrogen-bond donors (Lipinski definition) is 1. The Bertz CT molecular complexity index is 946. The lowest BCUT2D eigenvalue weighted by Crippen LogP contribution is -2.45. The molecule has 2 aromatic carbocycles. The van der Waals surface area contributed by atoms with Crippen LogP contribution in [0, 0.1) is 0 Å². The lowest BCUT2D eigenvalue weighted by Gasteiger charge is -2.31. The van der Waals surface area contributed by atoms with Crippen molar-refractivity contribution in [3.63, 3.8) is 0 Å². The van der Waals surface area contributed by atoms with Crippen molar-refractivity contribution >= 4 is 47.1 Å². The number of guanidine groups is 1. The standard InChI is InChI=1S/C24H28N4O2.HI/c1-25-24(27-16-12-20(13-17-27)19-8-3-2-4-9-19)26-14-7-15-28-21-10-5-6-11-22(21)30-18-23(28)29;/h2-6,8-12H,7,13-18H2,1H3,(H,25,26);1H. The van der Waals surface area contributed by atoms with Crippen LogP contribution in [0.1, 0.15) is 18.4 Å². The minimum atomic E-state index is 0. The second kappa shape index (κ2) is 11.2. The van der Waals surface area contributed by atoms with Crippen molar-refractivity contribution in [1.29, 1.82) is 0 Å². The molecule has 0 aliphatic carbocycles. The number of anilines is 1. The fraction of sp³-hybridized carbons (Fsp3) is 0.333. The lowest BCUT2D eigenvalue weighted by atomic mass is 10.00. The number of nitrogens with one attached hydrogen (secondary N) is 1. The second-order valence-corrected chi connectivity index (χ2v) is 7.42. The molecule has 0 fully saturated rings. The molecule has 2 aromatic rings. The van der Waals surface area contributed by atoms with E-state index >= 15 is 0 Å². The summed E-state index contributed by atoms with van der Waals surface area (Å²) in [7, 11) is 1.82. The maximum Gasteiger partial charge on any atom is 0.265 e. The van der Waals surface area contributed by atoms with Crippen molar-refractivity contribution < 1.29 is 9.53 Å². The summed E-state index contributed by atoms with van der Waals surface area (Å²) < 4.78 is 5.51. The lowest BCUT2D eigenvalue weighted by molar-refractivity contribution is -0.121. The van der Waals surface area contributed by atoms with Gasteiger partial charge in [-0.3, -0.25) is 9.79 Å². The molecule has 0 unspecified atom stereocenters. The van der Waals surface area contributed by atoms with Crippen LogP contribution in [0.5, 0.6) is 5.75 Å². The topological polar surface area (TPSA) is 57.2 Å². The zero-order valence-electron chi connectivity index (χ0n) is 17.8. The van der Waals surface area contributed by atoms with Crippen molar-refractivity contribution in [2.24, 2.45) is 4.99 Å². The van der Waals surface area contributed by atoms with Gasteiger partial charge < -0.3 is 19.9 Å². The van der Waals surface area contributed by atoms with Crippen LogP contribution in [-0.2, 0) is 4.79 Å². The molecule has 31 heavy (non-hydrogen) atoms. The third-order valence-corrected chi connectivity index (χ3v) is 5.51. The number of ether oxygens (including phenoxy) is 1. The van der Waals surface area contributed by atoms with E-state index in [1.165, 1.54) is 11.1 Å². The van der Waals surface area contributed by atoms with Gasteiger partial charge in [0, 0.05) is 33.2 Å². The Labute approximate surface area is 201 Å². The van der Waals surface area contributed by atoms with Gasteiger partial charge >= 0.3 is 0 Å². The number of fused-ring (bicyclic) bond motifs is 1. The van der Waals surface area contributed by atoms with Gasteiger partial charge in [0.2, 0.25) is 0 Å². The molecule has 0 spiro atoms. The van der Waals surface area contributed by atoms with Gasteiger partial charge in [-0.05, 0) is 36.1 Å². The Balaban J connectivity index is 0.00000272. The first-order valence-corrected chi connectivity index (χ1v) is 10.5. The van der Waals surface area contributed by atoms with E-state index in [1.807, 2.05) is 42.3 Å². The number of benzene rings is 2. The summed E-state index contributed by atoms with van der Waals surface area (Å²) in [5.41, 5.74) is 3.55. The highest BCUT2D eigenvalue weighted by atomic mass is 127. The summed E-state index contributed by atoms with van der Waals surface area (Å²) in [5.74, 6) is 1.69. The van der Waals surface area contributed by atoms with Crippen molar-refractivity contribution in [3.8, 4) is 5.75 Å². The van der Waals surface area contributed by atoms with Crippen molar-refractivity contribution in [2.45, 2.75) is 12.8 Å². The van der Waals surface area contributed by atoms with Crippen LogP contribution in [0.2, 0.25) is 0 Å². The molecule has 2 aliphatic heterocycles. The van der Waals surface area contributed by atoms with Gasteiger partial charge in [0.25, 0.3) is 5.91 Å². The number of rotatable bonds is 5. The molecule has 4 rings (SSSR count). The van der Waals surface area contributed by atoms with E-state index in [9.17, 15) is 4.79 Å². The molecule has 0 aromatic heterocycles. The summed E-state index contributed by atoms with van der Waals surface area (Å²) in [6, 6.07) is 18.2. The van der Waals surface area contributed by atoms with Crippen LogP contribution in [0.3, 0.4) is 0 Å². The summed E-state index contributed by atoms with van der Waals surface area (Å²) in [6.45, 7) is 3.30. The maximum atomic E-state index is 12.3. The number of halogens is 1. The minimum absolute atomic E-state index is 0. The molecule has 2 aliphatic rings. The van der Waals surface area contributed by atoms with Crippen LogP contribution in [0.15, 0.2) is 65.7 Å². The molecule has 164 valence electrons. The first-order valence-electron chi connectivity index (χ1n) is 10.5. The van der Waals surface area contributed by atoms with Crippen LogP contribution in [-0.4, -0.2) is 56.6 Å². The van der Waals surface area contributed by atoms with Crippen molar-refractivity contribution in [3.05, 3.63) is 66.2 Å². The largest absolute Gasteiger partial charge is 0.482 e. The minimum Gasteiger partial charge on any atom is -0.482 e. The van der Waals surface area contributed by atoms with Gasteiger partial charge in [-0.25, -0.2) is 0 Å². The van der Waals surface area contributed by atoms with Crippen LogP contribution in [0.25, 0.3) is 5.57 Å². The van der Waals surface area contributed by atoms with Crippen LogP contribution in [0.4, 0.5) is 5.69 Å². The van der Waals surface area contributed by atoms with Crippen LogP contribution >= 0.6 is 24.0 Å². The Morgan fingerprint density at radius 1 is 1.13 bits per heavy atom. The highest BCUT2D eigenvalue weighted by molar-refractivity contribution is 14.0. The number of para-hydroxylation sites is 2. The Kier molecular flexibility index (Phi) is 8.34. The molecule has 2 heterocycles. The molecule has 0 saturated heterocycles. The Morgan fingerprint density at radius 3 is 2.65 bits per heavy atom. The summed E-state index contributed by atoms with van der Waals surface area (Å²) >= 11 is 0. The van der Waals surface area contributed by atoms with Gasteiger partial charge in [0.05, 0.1) is 5.69 Å². The van der Waals surface area contributed by atoms with E-state index in [1.54, 1.807) is 0 Å². The number of hydrogen-bond acceptors (Lipinski definition) is 3. The van der Waals surface area contributed by atoms with Crippen molar-refractivity contribution in [2.75, 3.05) is 44.7 Å². The van der Waals surface area contributed by atoms with Gasteiger partial charge in [-0.15, -0.1) is 24.0 Å². The highest BCUT2D eigenvalue weighted by Crippen LogP contribution is 2.31. The second-order valence-electron chi connectivity index (χ2n) is 7.42. The van der Waals surface area contributed by atoms with Crippen molar-refractivity contribution in [1.82, 2.24) is 10.2 Å². The number of amides is 1. The summed E-state index contributed by atoms with van der Waals surface area (Å²) in [5, 5.41) is 3.45. The third-order valence-electron chi connectivity index (χ3n) is 5.51. The zero-order valence-corrected chi connectivity index (χ0v) is 20.1. The van der Waals surface area contributed by atoms with E-state index in [4.69, 9.17) is 4.74 Å². The fourth-order valence-electron chi connectivity index (χ4n) is 3.94. The van der Waals surface area contributed by atoms with E-state index < -0.39 is 0 Å². The van der Waals surface area contributed by atoms with Gasteiger partial charge in [-0.1, -0.05) is 48.5 Å². The van der Waals surface area contributed by atoms with E-state index in [2.05, 4.69) is 45.6 Å². The fourth-order valence-corrected chi connectivity index (χ4v) is 3.94. The first-order chi connectivity index (χ1) is 14.8. The Morgan fingerprint density at radius 2 is 1.90 bits per heavy atom. The predicted molar refractivity (Wildman–Crippen MR) is 136 cm³/mol. The van der Waals surface area contributed by atoms with Gasteiger partial charge in [0.1, 0.15) is 5.75 Å². The molecule has 0 radical (unpaired) electrons. The maximum absolute atomic E-state index is 12.3. The summed E-state index contributed by atoms with van der Waals surface area (Å²) in [4.78, 5) is 20.8. The van der Waals surface area contributed by atoms with Gasteiger partial charge in [-0.2, -0.15) is 0 Å². The smallest absolute Gasteiger partial charge is 0.265 e. The molecule has 6 nitrogen and oxygen atoms in total. The molecule has 7 heteroatoms. The quantitative estimate of drug-likeness (QED) is 0.276. The van der Waals surface area contributed by atoms with E-state index in [0.717, 1.165) is 49.9 Å². The molecule has 1 N–H and O–H groups in total. The molecule has 0 bridgehead atoms. The number of carbonyl (C=O) groups is 1. The number of aliphatic imine (C=N–C) groups is 1. The molecule has 1 amide bonds. The summed E-state index contributed by atoms with van der Waals surface area (Å²) in [6.07, 6.45) is 4.12. The molecular weight excluding hydrogens is 503 g/mol.